The molecule has 0 rings (SSSR count). The molecule has 0 heterocycles. The maximum Gasteiger partial charge on any atom is -0.00615 e. The van der Waals surface area contributed by atoms with Gasteiger partial charge >= 0.3 is 0 Å². The molecular weight excluding hydrogens is 132 g/mol. The fraction of sp³-hybridized carbons (Fsp3) is 0.455. The van der Waals surface area contributed by atoms with E-state index in [9.17, 15) is 0 Å². The van der Waals surface area contributed by atoms with Gasteiger partial charge in [-0.3, -0.25) is 0 Å². The van der Waals surface area contributed by atoms with Crippen molar-refractivity contribution in [3.63, 3.8) is 0 Å². The van der Waals surface area contributed by atoms with Crippen molar-refractivity contribution in [2.75, 3.05) is 0 Å². The molecule has 0 radical (unpaired) electrons. The third kappa shape index (κ3) is 5.48. The van der Waals surface area contributed by atoms with Crippen molar-refractivity contribution in [3.05, 3.63) is 35.3 Å². The topological polar surface area (TPSA) is 0 Å². The Hall–Kier alpha value is -0.960. The van der Waals surface area contributed by atoms with Crippen LogP contribution in [0.3, 0.4) is 0 Å². The molecule has 0 aromatic carbocycles. The first kappa shape index (κ1) is 10.0. The van der Waals surface area contributed by atoms with E-state index in [-0.39, 0.29) is 0 Å². The van der Waals surface area contributed by atoms with Gasteiger partial charge in [-0.15, -0.1) is 6.58 Å². The highest BCUT2D eigenvalue weighted by molar-refractivity contribution is 5.05. The minimum Gasteiger partial charge on any atom is -0.103 e. The smallest absolute Gasteiger partial charge is 0.00615 e. The molecule has 0 unspecified atom stereocenters. The van der Waals surface area contributed by atoms with Crippen molar-refractivity contribution >= 4 is 0 Å². The van der Waals surface area contributed by atoms with Crippen LogP contribution in [0.25, 0.3) is 0 Å². The Morgan fingerprint density at radius 3 is 2.27 bits per heavy atom. The molecule has 0 saturated carbocycles. The molecule has 0 aliphatic rings. The van der Waals surface area contributed by atoms with Gasteiger partial charge in [0.15, 0.2) is 0 Å². The second-order valence-corrected chi connectivity index (χ2v) is 2.66. The Morgan fingerprint density at radius 2 is 1.82 bits per heavy atom. The molecule has 0 aromatic rings. The Morgan fingerprint density at radius 1 is 1.27 bits per heavy atom. The third-order valence-corrected chi connectivity index (χ3v) is 1.47. The SMILES string of the molecule is C=CCC(C)=C=C=C(C)CC. The summed E-state index contributed by atoms with van der Waals surface area (Å²) in [7, 11) is 0. The van der Waals surface area contributed by atoms with E-state index in [4.69, 9.17) is 0 Å². The van der Waals surface area contributed by atoms with E-state index in [0.29, 0.717) is 0 Å². The minimum absolute atomic E-state index is 0.907. The van der Waals surface area contributed by atoms with Crippen LogP contribution in [-0.4, -0.2) is 0 Å². The zero-order valence-electron chi connectivity index (χ0n) is 7.70. The van der Waals surface area contributed by atoms with Crippen molar-refractivity contribution in [2.24, 2.45) is 0 Å². The molecule has 0 bridgehead atoms. The van der Waals surface area contributed by atoms with Gasteiger partial charge < -0.3 is 0 Å². The van der Waals surface area contributed by atoms with E-state index in [2.05, 4.69) is 31.9 Å². The lowest BCUT2D eigenvalue weighted by atomic mass is 10.2. The van der Waals surface area contributed by atoms with Gasteiger partial charge in [-0.1, -0.05) is 24.5 Å². The first-order valence-corrected chi connectivity index (χ1v) is 3.98. The normalized spacial score (nSPS) is 7.91. The molecule has 0 spiro atoms. The summed E-state index contributed by atoms with van der Waals surface area (Å²) in [5.74, 6) is 0. The Kier molecular flexibility index (Phi) is 5.29. The van der Waals surface area contributed by atoms with E-state index >= 15 is 0 Å². The lowest BCUT2D eigenvalue weighted by Crippen LogP contribution is -1.67. The van der Waals surface area contributed by atoms with Crippen molar-refractivity contribution < 1.29 is 0 Å². The minimum atomic E-state index is 0.907. The number of hydrogen-bond acceptors (Lipinski definition) is 0. The fourth-order valence-electron chi connectivity index (χ4n) is 0.569. The fourth-order valence-corrected chi connectivity index (χ4v) is 0.569. The highest BCUT2D eigenvalue weighted by Gasteiger charge is 1.79. The second kappa shape index (κ2) is 5.80. The summed E-state index contributed by atoms with van der Waals surface area (Å²) in [4.78, 5) is 0. The van der Waals surface area contributed by atoms with Gasteiger partial charge in [-0.25, -0.2) is 0 Å². The highest BCUT2D eigenvalue weighted by atomic mass is 13.8. The highest BCUT2D eigenvalue weighted by Crippen LogP contribution is 1.98. The lowest BCUT2D eigenvalue weighted by molar-refractivity contribution is 1.10. The van der Waals surface area contributed by atoms with E-state index in [0.717, 1.165) is 12.8 Å². The average Bonchev–Trinajstić information content (AvgIpc) is 2.01. The third-order valence-electron chi connectivity index (χ3n) is 1.47. The van der Waals surface area contributed by atoms with Crippen molar-refractivity contribution in [1.82, 2.24) is 0 Å². The lowest BCUT2D eigenvalue weighted by Gasteiger charge is -1.86. The molecule has 0 heteroatoms. The van der Waals surface area contributed by atoms with Crippen molar-refractivity contribution in [2.45, 2.75) is 33.6 Å². The van der Waals surface area contributed by atoms with Gasteiger partial charge in [0.2, 0.25) is 0 Å². The van der Waals surface area contributed by atoms with Crippen LogP contribution in [-0.2, 0) is 0 Å². The van der Waals surface area contributed by atoms with Crippen LogP contribution in [0.15, 0.2) is 35.3 Å². The van der Waals surface area contributed by atoms with Gasteiger partial charge in [0.05, 0.1) is 0 Å². The molecule has 0 aromatic heterocycles. The first-order chi connectivity index (χ1) is 5.20. The Labute approximate surface area is 69.6 Å². The summed E-state index contributed by atoms with van der Waals surface area (Å²) >= 11 is 0. The van der Waals surface area contributed by atoms with Gasteiger partial charge in [0.25, 0.3) is 0 Å². The molecule has 0 aliphatic heterocycles. The zero-order valence-corrected chi connectivity index (χ0v) is 7.70. The quantitative estimate of drug-likeness (QED) is 0.423. The van der Waals surface area contributed by atoms with Crippen LogP contribution in [0.2, 0.25) is 0 Å². The van der Waals surface area contributed by atoms with E-state index in [1.165, 1.54) is 11.1 Å². The van der Waals surface area contributed by atoms with E-state index in [1.54, 1.807) is 0 Å². The summed E-state index contributed by atoms with van der Waals surface area (Å²) < 4.78 is 0. The monoisotopic (exact) mass is 148 g/mol. The first-order valence-electron chi connectivity index (χ1n) is 3.98. The maximum absolute atomic E-state index is 3.65. The summed E-state index contributed by atoms with van der Waals surface area (Å²) in [6.45, 7) is 9.87. The van der Waals surface area contributed by atoms with Crippen molar-refractivity contribution in [1.29, 1.82) is 0 Å². The maximum atomic E-state index is 3.65. The summed E-state index contributed by atoms with van der Waals surface area (Å²) in [6.07, 6.45) is 3.84. The van der Waals surface area contributed by atoms with Gasteiger partial charge in [0.1, 0.15) is 0 Å². The summed E-state index contributed by atoms with van der Waals surface area (Å²) in [6, 6.07) is 0. The van der Waals surface area contributed by atoms with Crippen LogP contribution in [0.1, 0.15) is 33.6 Å². The molecule has 0 aliphatic carbocycles. The van der Waals surface area contributed by atoms with E-state index < -0.39 is 0 Å². The Balaban J connectivity index is 4.49. The molecule has 0 saturated heterocycles. The molecule has 0 fully saturated rings. The Bertz CT molecular complexity index is 218. The molecule has 0 N–H and O–H groups in total. The van der Waals surface area contributed by atoms with Crippen LogP contribution >= 0.6 is 0 Å². The average molecular weight is 148 g/mol. The molecule has 0 amide bonds. The number of rotatable bonds is 3. The van der Waals surface area contributed by atoms with Crippen LogP contribution in [0.5, 0.6) is 0 Å². The number of allylic oxidation sites excluding steroid dienone is 3. The summed E-state index contributed by atoms with van der Waals surface area (Å²) in [5.41, 5.74) is 8.62. The second-order valence-electron chi connectivity index (χ2n) is 2.66. The van der Waals surface area contributed by atoms with Gasteiger partial charge in [0, 0.05) is 0 Å². The molecule has 60 valence electrons. The van der Waals surface area contributed by atoms with Crippen LogP contribution < -0.4 is 0 Å². The standard InChI is InChI=1S/C11H16/c1-5-7-11(4)9-8-10(3)6-2/h5H,1,6-7H2,2-4H3. The van der Waals surface area contributed by atoms with Crippen molar-refractivity contribution in [3.8, 4) is 0 Å². The van der Waals surface area contributed by atoms with E-state index in [1.807, 2.05) is 13.0 Å². The predicted octanol–water partition coefficient (Wildman–Crippen LogP) is 3.62. The number of hydrogen-bond donors (Lipinski definition) is 0. The molecular formula is C11H16. The van der Waals surface area contributed by atoms with Gasteiger partial charge in [-0.05, 0) is 37.8 Å². The molecule has 0 nitrogen and oxygen atoms in total. The van der Waals surface area contributed by atoms with Crippen LogP contribution in [0, 0.1) is 0 Å². The molecule has 11 heavy (non-hydrogen) atoms. The van der Waals surface area contributed by atoms with Crippen LogP contribution in [0.4, 0.5) is 0 Å². The largest absolute Gasteiger partial charge is 0.103 e. The predicted molar refractivity (Wildman–Crippen MR) is 50.5 cm³/mol. The molecule has 0 atom stereocenters. The van der Waals surface area contributed by atoms with Gasteiger partial charge in [-0.2, -0.15) is 0 Å². The zero-order chi connectivity index (χ0) is 8.69. The summed E-state index contributed by atoms with van der Waals surface area (Å²) in [5, 5.41) is 0.